The summed E-state index contributed by atoms with van der Waals surface area (Å²) in [5, 5.41) is 3.02. The van der Waals surface area contributed by atoms with Gasteiger partial charge in [0.05, 0.1) is 28.7 Å². The molecule has 4 rings (SSSR count). The molecule has 2 aromatic carbocycles. The largest absolute Gasteiger partial charge is 0.378 e. The SMILES string of the molecule is O=C(Nc1ccc(N2CCOCC2)cc1)c1cc(S(=O)(=O)N2CCCCC2)ccc1Cl. The fourth-order valence-electron chi connectivity index (χ4n) is 3.87. The minimum atomic E-state index is -3.65. The van der Waals surface area contributed by atoms with Crippen molar-refractivity contribution in [3.8, 4) is 0 Å². The normalized spacial score (nSPS) is 18.0. The molecule has 0 unspecified atom stereocenters. The first-order valence-electron chi connectivity index (χ1n) is 10.5. The predicted octanol–water partition coefficient (Wildman–Crippen LogP) is 3.60. The van der Waals surface area contributed by atoms with Crippen LogP contribution >= 0.6 is 11.6 Å². The lowest BCUT2D eigenvalue weighted by Gasteiger charge is -2.28. The minimum Gasteiger partial charge on any atom is -0.378 e. The number of anilines is 2. The van der Waals surface area contributed by atoms with E-state index in [9.17, 15) is 13.2 Å². The Morgan fingerprint density at radius 3 is 2.29 bits per heavy atom. The summed E-state index contributed by atoms with van der Waals surface area (Å²) in [5.41, 5.74) is 1.81. The molecule has 0 radical (unpaired) electrons. The highest BCUT2D eigenvalue weighted by atomic mass is 35.5. The molecule has 0 saturated carbocycles. The van der Waals surface area contributed by atoms with Gasteiger partial charge < -0.3 is 15.0 Å². The maximum atomic E-state index is 13.0. The van der Waals surface area contributed by atoms with Crippen molar-refractivity contribution in [2.24, 2.45) is 0 Å². The maximum absolute atomic E-state index is 13.0. The van der Waals surface area contributed by atoms with Gasteiger partial charge in [-0.2, -0.15) is 4.31 Å². The zero-order chi connectivity index (χ0) is 21.8. The summed E-state index contributed by atoms with van der Waals surface area (Å²) in [6, 6.07) is 11.8. The molecule has 2 saturated heterocycles. The van der Waals surface area contributed by atoms with E-state index in [2.05, 4.69) is 10.2 Å². The Balaban J connectivity index is 1.50. The number of nitrogens with zero attached hydrogens (tertiary/aromatic N) is 2. The molecule has 0 aliphatic carbocycles. The lowest BCUT2D eigenvalue weighted by molar-refractivity contribution is 0.102. The highest BCUT2D eigenvalue weighted by molar-refractivity contribution is 7.89. The number of carbonyl (C=O) groups is 1. The highest BCUT2D eigenvalue weighted by Crippen LogP contribution is 2.26. The van der Waals surface area contributed by atoms with Crippen LogP contribution in [0, 0.1) is 0 Å². The predicted molar refractivity (Wildman–Crippen MR) is 121 cm³/mol. The third-order valence-corrected chi connectivity index (χ3v) is 7.86. The molecule has 1 amide bonds. The summed E-state index contributed by atoms with van der Waals surface area (Å²) < 4.78 is 32.8. The molecule has 1 N–H and O–H groups in total. The first kappa shape index (κ1) is 22.1. The van der Waals surface area contributed by atoms with Gasteiger partial charge in [-0.05, 0) is 55.3 Å². The molecular formula is C22H26ClN3O4S. The number of halogens is 1. The summed E-state index contributed by atoms with van der Waals surface area (Å²) in [5.74, 6) is -0.445. The van der Waals surface area contributed by atoms with Gasteiger partial charge in [-0.1, -0.05) is 18.0 Å². The molecule has 0 aromatic heterocycles. The molecule has 0 spiro atoms. The second-order valence-electron chi connectivity index (χ2n) is 7.71. The third-order valence-electron chi connectivity index (χ3n) is 5.64. The van der Waals surface area contributed by atoms with E-state index in [0.29, 0.717) is 32.0 Å². The third kappa shape index (κ3) is 5.03. The molecular weight excluding hydrogens is 438 g/mol. The van der Waals surface area contributed by atoms with Crippen LogP contribution in [-0.4, -0.2) is 58.0 Å². The van der Waals surface area contributed by atoms with Crippen molar-refractivity contribution in [3.05, 3.63) is 53.1 Å². The van der Waals surface area contributed by atoms with E-state index in [0.717, 1.165) is 38.0 Å². The number of amides is 1. The second-order valence-corrected chi connectivity index (χ2v) is 10.1. The number of benzene rings is 2. The molecule has 2 aliphatic heterocycles. The number of carbonyl (C=O) groups excluding carboxylic acids is 1. The van der Waals surface area contributed by atoms with Gasteiger partial charge in [0.1, 0.15) is 0 Å². The molecule has 2 aliphatic rings. The smallest absolute Gasteiger partial charge is 0.257 e. The topological polar surface area (TPSA) is 79.0 Å². The van der Waals surface area contributed by atoms with Crippen LogP contribution in [0.2, 0.25) is 5.02 Å². The molecule has 31 heavy (non-hydrogen) atoms. The summed E-state index contributed by atoms with van der Waals surface area (Å²) in [6.45, 7) is 4.07. The van der Waals surface area contributed by atoms with E-state index >= 15 is 0 Å². The van der Waals surface area contributed by atoms with Crippen molar-refractivity contribution in [2.45, 2.75) is 24.2 Å². The van der Waals surface area contributed by atoms with E-state index in [-0.39, 0.29) is 15.5 Å². The molecule has 7 nitrogen and oxygen atoms in total. The van der Waals surface area contributed by atoms with Crippen LogP contribution in [0.1, 0.15) is 29.6 Å². The van der Waals surface area contributed by atoms with E-state index < -0.39 is 15.9 Å². The minimum absolute atomic E-state index is 0.0895. The fourth-order valence-corrected chi connectivity index (χ4v) is 5.62. The van der Waals surface area contributed by atoms with Gasteiger partial charge in [0.15, 0.2) is 0 Å². The molecule has 0 atom stereocenters. The number of hydrogen-bond acceptors (Lipinski definition) is 5. The van der Waals surface area contributed by atoms with E-state index in [1.807, 2.05) is 24.3 Å². The Morgan fingerprint density at radius 2 is 1.61 bits per heavy atom. The van der Waals surface area contributed by atoms with Crippen molar-refractivity contribution in [3.63, 3.8) is 0 Å². The lowest BCUT2D eigenvalue weighted by atomic mass is 10.2. The van der Waals surface area contributed by atoms with Crippen molar-refractivity contribution >= 4 is 38.9 Å². The first-order chi connectivity index (χ1) is 14.9. The average molecular weight is 464 g/mol. The van der Waals surface area contributed by atoms with Crippen molar-refractivity contribution in [1.29, 1.82) is 0 Å². The number of piperidine rings is 1. The summed E-state index contributed by atoms with van der Waals surface area (Å²) in [4.78, 5) is 15.2. The summed E-state index contributed by atoms with van der Waals surface area (Å²) in [7, 11) is -3.65. The van der Waals surface area contributed by atoms with Crippen LogP contribution in [0.4, 0.5) is 11.4 Å². The number of morpholine rings is 1. The zero-order valence-corrected chi connectivity index (χ0v) is 18.8. The Bertz CT molecular complexity index is 1030. The van der Waals surface area contributed by atoms with Gasteiger partial charge in [-0.25, -0.2) is 8.42 Å². The first-order valence-corrected chi connectivity index (χ1v) is 12.3. The average Bonchev–Trinajstić information content (AvgIpc) is 2.81. The maximum Gasteiger partial charge on any atom is 0.257 e. The summed E-state index contributed by atoms with van der Waals surface area (Å²) in [6.07, 6.45) is 2.73. The van der Waals surface area contributed by atoms with Crippen molar-refractivity contribution < 1.29 is 17.9 Å². The monoisotopic (exact) mass is 463 g/mol. The quantitative estimate of drug-likeness (QED) is 0.732. The van der Waals surface area contributed by atoms with Crippen LogP contribution in [0.5, 0.6) is 0 Å². The van der Waals surface area contributed by atoms with Crippen LogP contribution in [-0.2, 0) is 14.8 Å². The van der Waals surface area contributed by atoms with Gasteiger partial charge in [0.2, 0.25) is 10.0 Å². The number of sulfonamides is 1. The molecule has 2 aromatic rings. The Morgan fingerprint density at radius 1 is 0.935 bits per heavy atom. The Kier molecular flexibility index (Phi) is 6.81. The van der Waals surface area contributed by atoms with Crippen LogP contribution in [0.3, 0.4) is 0 Å². The van der Waals surface area contributed by atoms with Gasteiger partial charge in [0.25, 0.3) is 5.91 Å². The van der Waals surface area contributed by atoms with Crippen molar-refractivity contribution in [2.75, 3.05) is 49.6 Å². The molecule has 2 heterocycles. The number of nitrogens with one attached hydrogen (secondary N) is 1. The van der Waals surface area contributed by atoms with E-state index in [1.54, 1.807) is 0 Å². The van der Waals surface area contributed by atoms with E-state index in [1.165, 1.54) is 22.5 Å². The lowest BCUT2D eigenvalue weighted by Crippen LogP contribution is -2.36. The van der Waals surface area contributed by atoms with Crippen molar-refractivity contribution in [1.82, 2.24) is 4.31 Å². The van der Waals surface area contributed by atoms with Gasteiger partial charge in [0, 0.05) is 37.6 Å². The van der Waals surface area contributed by atoms with Gasteiger partial charge in [-0.3, -0.25) is 4.79 Å². The number of rotatable bonds is 5. The Hall–Kier alpha value is -2.13. The van der Waals surface area contributed by atoms with Crippen LogP contribution in [0.25, 0.3) is 0 Å². The standard InChI is InChI=1S/C22H26ClN3O4S/c23-21-9-8-19(31(28,29)26-10-2-1-3-11-26)16-20(21)22(27)24-17-4-6-18(7-5-17)25-12-14-30-15-13-25/h4-9,16H,1-3,10-15H2,(H,24,27). The molecule has 9 heteroatoms. The highest BCUT2D eigenvalue weighted by Gasteiger charge is 2.27. The fraction of sp³-hybridized carbons (Fsp3) is 0.409. The van der Waals surface area contributed by atoms with Crippen LogP contribution in [0.15, 0.2) is 47.4 Å². The number of hydrogen-bond donors (Lipinski definition) is 1. The van der Waals surface area contributed by atoms with E-state index in [4.69, 9.17) is 16.3 Å². The summed E-state index contributed by atoms with van der Waals surface area (Å²) >= 11 is 6.23. The molecule has 166 valence electrons. The van der Waals surface area contributed by atoms with Crippen LogP contribution < -0.4 is 10.2 Å². The zero-order valence-electron chi connectivity index (χ0n) is 17.2. The second kappa shape index (κ2) is 9.56. The van der Waals surface area contributed by atoms with Gasteiger partial charge >= 0.3 is 0 Å². The number of ether oxygens (including phenoxy) is 1. The Labute approximate surface area is 188 Å². The molecule has 0 bridgehead atoms. The van der Waals surface area contributed by atoms with Gasteiger partial charge in [-0.15, -0.1) is 0 Å². The molecule has 2 fully saturated rings.